The van der Waals surface area contributed by atoms with Crippen molar-refractivity contribution in [3.8, 4) is 0 Å². The molecule has 242 valence electrons. The Labute approximate surface area is 263 Å². The van der Waals surface area contributed by atoms with Crippen LogP contribution in [0.3, 0.4) is 0 Å². The molecular formula is C31H35ClF3N5O5. The lowest BCUT2D eigenvalue weighted by Gasteiger charge is -2.44. The van der Waals surface area contributed by atoms with E-state index in [1.54, 1.807) is 17.0 Å². The number of hydrogen-bond donors (Lipinski definition) is 2. The molecule has 3 aliphatic heterocycles. The second-order valence-electron chi connectivity index (χ2n) is 12.2. The van der Waals surface area contributed by atoms with E-state index in [1.165, 1.54) is 23.8 Å². The SMILES string of the molecule is Nc1c(Cl)cc(C[C@@H](OC(=O)N2CCC3(CC2)OC(=O)Nc2ccccc23)C(=O)N2CCN(CC3CC3)CC2)cc1C(F)(F)F. The van der Waals surface area contributed by atoms with Gasteiger partial charge in [0.2, 0.25) is 0 Å². The molecular weight excluding hydrogens is 615 g/mol. The van der Waals surface area contributed by atoms with E-state index in [0.717, 1.165) is 18.2 Å². The van der Waals surface area contributed by atoms with Gasteiger partial charge in [-0.2, -0.15) is 13.2 Å². The molecule has 45 heavy (non-hydrogen) atoms. The second kappa shape index (κ2) is 12.2. The summed E-state index contributed by atoms with van der Waals surface area (Å²) < 4.78 is 52.6. The van der Waals surface area contributed by atoms with Crippen LogP contribution in [0, 0.1) is 5.92 Å². The van der Waals surface area contributed by atoms with Crippen LogP contribution in [-0.2, 0) is 32.5 Å². The number of amides is 3. The predicted molar refractivity (Wildman–Crippen MR) is 160 cm³/mol. The van der Waals surface area contributed by atoms with Crippen molar-refractivity contribution in [1.29, 1.82) is 0 Å². The van der Waals surface area contributed by atoms with Gasteiger partial charge in [0.25, 0.3) is 5.91 Å². The highest BCUT2D eigenvalue weighted by Gasteiger charge is 2.46. The Morgan fingerprint density at radius 1 is 1.07 bits per heavy atom. The van der Waals surface area contributed by atoms with Gasteiger partial charge in [-0.25, -0.2) is 9.59 Å². The van der Waals surface area contributed by atoms with Crippen LogP contribution in [0.2, 0.25) is 5.02 Å². The van der Waals surface area contributed by atoms with Crippen molar-refractivity contribution in [2.24, 2.45) is 5.92 Å². The van der Waals surface area contributed by atoms with Crippen LogP contribution in [0.15, 0.2) is 36.4 Å². The minimum Gasteiger partial charge on any atom is -0.438 e. The zero-order valence-electron chi connectivity index (χ0n) is 24.6. The average Bonchev–Trinajstić information content (AvgIpc) is 3.82. The Kier molecular flexibility index (Phi) is 8.51. The molecule has 0 unspecified atom stereocenters. The predicted octanol–water partition coefficient (Wildman–Crippen LogP) is 5.10. The standard InChI is InChI=1S/C31H35ClF3N5O5/c32-23-16-20(15-22(26(23)36)31(33,34)35)17-25(27(41)39-13-11-38(12-14-39)18-19-5-6-19)44-29(43)40-9-7-30(8-10-40)21-3-1-2-4-24(21)37-28(42)45-30/h1-4,15-16,19,25H,5-14,17-18,36H2,(H,37,42)/t25-/m1/s1. The Balaban J connectivity index is 1.18. The first-order valence-corrected chi connectivity index (χ1v) is 15.5. The summed E-state index contributed by atoms with van der Waals surface area (Å²) in [5, 5.41) is 2.39. The molecule has 1 saturated carbocycles. The molecule has 2 saturated heterocycles. The number of para-hydroxylation sites is 1. The van der Waals surface area contributed by atoms with E-state index in [0.29, 0.717) is 50.6 Å². The van der Waals surface area contributed by atoms with Gasteiger partial charge in [-0.15, -0.1) is 0 Å². The third-order valence-corrected chi connectivity index (χ3v) is 9.42. The van der Waals surface area contributed by atoms with Gasteiger partial charge < -0.3 is 25.0 Å². The number of likely N-dealkylation sites (tertiary alicyclic amines) is 1. The number of nitrogens with zero attached hydrogens (tertiary/aromatic N) is 3. The number of nitrogen functional groups attached to an aromatic ring is 1. The number of carbonyl (C=O) groups excluding carboxylic acids is 3. The van der Waals surface area contributed by atoms with Crippen LogP contribution in [-0.4, -0.2) is 84.7 Å². The van der Waals surface area contributed by atoms with E-state index in [4.69, 9.17) is 26.8 Å². The molecule has 0 radical (unpaired) electrons. The summed E-state index contributed by atoms with van der Waals surface area (Å²) in [6.07, 6.45) is -4.79. The van der Waals surface area contributed by atoms with Crippen LogP contribution in [0.5, 0.6) is 0 Å². The molecule has 6 rings (SSSR count). The van der Waals surface area contributed by atoms with E-state index in [2.05, 4.69) is 10.2 Å². The summed E-state index contributed by atoms with van der Waals surface area (Å²) in [5.41, 5.74) is 4.50. The summed E-state index contributed by atoms with van der Waals surface area (Å²) in [7, 11) is 0. The molecule has 2 aromatic rings. The molecule has 3 heterocycles. The molecule has 10 nitrogen and oxygen atoms in total. The minimum atomic E-state index is -4.77. The van der Waals surface area contributed by atoms with Crippen molar-refractivity contribution in [3.63, 3.8) is 0 Å². The van der Waals surface area contributed by atoms with Gasteiger partial charge in [0.05, 0.1) is 22.0 Å². The first-order valence-electron chi connectivity index (χ1n) is 15.1. The Morgan fingerprint density at radius 3 is 2.42 bits per heavy atom. The first kappa shape index (κ1) is 31.3. The number of piperidine rings is 1. The van der Waals surface area contributed by atoms with Gasteiger partial charge in [0.1, 0.15) is 5.60 Å². The van der Waals surface area contributed by atoms with Crippen molar-refractivity contribution in [2.45, 2.75) is 50.0 Å². The number of nitrogens with two attached hydrogens (primary N) is 1. The summed E-state index contributed by atoms with van der Waals surface area (Å²) in [5.74, 6) is 0.218. The molecule has 2 aromatic carbocycles. The summed E-state index contributed by atoms with van der Waals surface area (Å²) >= 11 is 6.06. The number of nitrogens with one attached hydrogen (secondary N) is 1. The highest BCUT2D eigenvalue weighted by Crippen LogP contribution is 2.43. The lowest BCUT2D eigenvalue weighted by molar-refractivity contribution is -0.143. The first-order chi connectivity index (χ1) is 21.4. The topological polar surface area (TPSA) is 117 Å². The number of halogens is 4. The fourth-order valence-electron chi connectivity index (χ4n) is 6.42. The molecule has 0 aromatic heterocycles. The van der Waals surface area contributed by atoms with E-state index in [1.807, 2.05) is 12.1 Å². The number of hydrogen-bond acceptors (Lipinski definition) is 7. The molecule has 1 spiro atoms. The van der Waals surface area contributed by atoms with Crippen molar-refractivity contribution in [3.05, 3.63) is 58.1 Å². The highest BCUT2D eigenvalue weighted by atomic mass is 35.5. The highest BCUT2D eigenvalue weighted by molar-refractivity contribution is 6.33. The maximum atomic E-state index is 13.8. The van der Waals surface area contributed by atoms with Crippen LogP contribution in [0.25, 0.3) is 0 Å². The normalized spacial score (nSPS) is 20.7. The minimum absolute atomic E-state index is 0.0656. The third-order valence-electron chi connectivity index (χ3n) is 9.10. The van der Waals surface area contributed by atoms with Crippen molar-refractivity contribution in [2.75, 3.05) is 56.9 Å². The second-order valence-corrected chi connectivity index (χ2v) is 12.6. The summed E-state index contributed by atoms with van der Waals surface area (Å²) in [4.78, 5) is 44.9. The molecule has 3 amide bonds. The van der Waals surface area contributed by atoms with Gasteiger partial charge in [-0.1, -0.05) is 29.8 Å². The Bertz CT molecular complexity index is 1470. The van der Waals surface area contributed by atoms with Crippen molar-refractivity contribution in [1.82, 2.24) is 14.7 Å². The van der Waals surface area contributed by atoms with Crippen LogP contribution in [0.1, 0.15) is 42.4 Å². The molecule has 1 aliphatic carbocycles. The van der Waals surface area contributed by atoms with Crippen LogP contribution >= 0.6 is 11.6 Å². The number of alkyl halides is 3. The quantitative estimate of drug-likeness (QED) is 0.419. The van der Waals surface area contributed by atoms with Gasteiger partial charge >= 0.3 is 18.4 Å². The zero-order chi connectivity index (χ0) is 31.9. The van der Waals surface area contributed by atoms with Crippen LogP contribution < -0.4 is 11.1 Å². The van der Waals surface area contributed by atoms with Gasteiger partial charge in [0, 0.05) is 70.6 Å². The van der Waals surface area contributed by atoms with Crippen molar-refractivity contribution < 1.29 is 37.0 Å². The number of benzene rings is 2. The largest absolute Gasteiger partial charge is 0.438 e. The molecule has 4 aliphatic rings. The molecule has 3 fully saturated rings. The van der Waals surface area contributed by atoms with E-state index < -0.39 is 47.2 Å². The number of rotatable bonds is 6. The smallest absolute Gasteiger partial charge is 0.418 e. The average molecular weight is 650 g/mol. The molecule has 0 bridgehead atoms. The lowest BCUT2D eigenvalue weighted by Crippen LogP contribution is -2.54. The molecule has 1 atom stereocenters. The maximum absolute atomic E-state index is 13.8. The van der Waals surface area contributed by atoms with Gasteiger partial charge in [-0.05, 0) is 42.5 Å². The fourth-order valence-corrected chi connectivity index (χ4v) is 6.66. The monoisotopic (exact) mass is 649 g/mol. The summed E-state index contributed by atoms with van der Waals surface area (Å²) in [6, 6.07) is 9.42. The number of ether oxygens (including phenoxy) is 2. The third kappa shape index (κ3) is 6.79. The Morgan fingerprint density at radius 2 is 1.76 bits per heavy atom. The fraction of sp³-hybridized carbons (Fsp3) is 0.516. The number of carbonyl (C=O) groups is 3. The number of anilines is 2. The number of fused-ring (bicyclic) bond motifs is 2. The summed E-state index contributed by atoms with van der Waals surface area (Å²) in [6.45, 7) is 3.50. The van der Waals surface area contributed by atoms with Crippen LogP contribution in [0.4, 0.5) is 34.1 Å². The van der Waals surface area contributed by atoms with E-state index in [9.17, 15) is 27.6 Å². The van der Waals surface area contributed by atoms with Gasteiger partial charge in [-0.3, -0.25) is 15.0 Å². The van der Waals surface area contributed by atoms with E-state index >= 15 is 0 Å². The van der Waals surface area contributed by atoms with Gasteiger partial charge in [0.15, 0.2) is 6.10 Å². The number of piperazine rings is 1. The zero-order valence-corrected chi connectivity index (χ0v) is 25.3. The maximum Gasteiger partial charge on any atom is 0.418 e. The van der Waals surface area contributed by atoms with E-state index in [-0.39, 0.29) is 30.1 Å². The molecule has 14 heteroatoms. The lowest BCUT2D eigenvalue weighted by atomic mass is 9.82. The molecule has 3 N–H and O–H groups in total. The Hall–Kier alpha value is -3.71. The van der Waals surface area contributed by atoms with Crippen molar-refractivity contribution >= 4 is 41.1 Å².